The minimum Gasteiger partial charge on any atom is -0.454 e. The molecule has 0 aliphatic carbocycles. The number of fused-ring (bicyclic) bond motifs is 2. The van der Waals surface area contributed by atoms with Crippen molar-refractivity contribution >= 4 is 21.9 Å². The van der Waals surface area contributed by atoms with Gasteiger partial charge in [0.15, 0.2) is 5.75 Å². The van der Waals surface area contributed by atoms with E-state index in [0.29, 0.717) is 37.7 Å². The lowest BCUT2D eigenvalue weighted by molar-refractivity contribution is 0.157. The van der Waals surface area contributed by atoms with Gasteiger partial charge in [0.05, 0.1) is 5.56 Å². The van der Waals surface area contributed by atoms with Crippen LogP contribution in [-0.2, 0) is 10.4 Å². The van der Waals surface area contributed by atoms with E-state index in [1.165, 1.54) is 5.01 Å². The van der Waals surface area contributed by atoms with Crippen molar-refractivity contribution in [3.05, 3.63) is 54.1 Å². The van der Waals surface area contributed by atoms with E-state index in [1.54, 1.807) is 0 Å². The molecule has 0 bridgehead atoms. The number of para-hydroxylation sites is 3. The van der Waals surface area contributed by atoms with Gasteiger partial charge in [0.25, 0.3) is 0 Å². The van der Waals surface area contributed by atoms with E-state index >= 15 is 0 Å². The van der Waals surface area contributed by atoms with Crippen LogP contribution in [-0.4, -0.2) is 50.3 Å². The molecule has 0 aromatic heterocycles. The molecule has 0 spiro atoms. The normalized spacial score (nSPS) is 17.6. The molecule has 7 nitrogen and oxygen atoms in total. The molecule has 1 N–H and O–H groups in total. The SMILES string of the molecule is O=S(=O)(F)NN1CCN(C2=Nc3ccccc3Oc3ccccc32)CC1. The van der Waals surface area contributed by atoms with E-state index in [0.717, 1.165) is 17.1 Å². The lowest BCUT2D eigenvalue weighted by Gasteiger charge is -2.35. The summed E-state index contributed by atoms with van der Waals surface area (Å²) >= 11 is 0. The van der Waals surface area contributed by atoms with E-state index < -0.39 is 10.4 Å². The smallest absolute Gasteiger partial charge is 0.385 e. The van der Waals surface area contributed by atoms with E-state index in [-0.39, 0.29) is 0 Å². The van der Waals surface area contributed by atoms with Crippen LogP contribution in [0.5, 0.6) is 11.5 Å². The van der Waals surface area contributed by atoms with Crippen molar-refractivity contribution < 1.29 is 17.0 Å². The lowest BCUT2D eigenvalue weighted by atomic mass is 10.1. The van der Waals surface area contributed by atoms with E-state index in [1.807, 2.05) is 58.3 Å². The average molecular weight is 376 g/mol. The number of ether oxygens (including phenoxy) is 1. The zero-order valence-corrected chi connectivity index (χ0v) is 14.6. The van der Waals surface area contributed by atoms with Crippen LogP contribution in [0, 0.1) is 0 Å². The number of aliphatic imine (C=N–C) groups is 1. The summed E-state index contributed by atoms with van der Waals surface area (Å²) in [4.78, 5) is 8.72. The molecule has 2 aliphatic rings. The second-order valence-corrected chi connectivity index (χ2v) is 7.06. The third kappa shape index (κ3) is 3.55. The summed E-state index contributed by atoms with van der Waals surface area (Å²) in [6.07, 6.45) is 0. The molecule has 2 aromatic carbocycles. The number of piperazine rings is 1. The maximum Gasteiger partial charge on any atom is 0.385 e. The predicted molar refractivity (Wildman–Crippen MR) is 95.5 cm³/mol. The number of hydrogen-bond acceptors (Lipinski definition) is 6. The van der Waals surface area contributed by atoms with Gasteiger partial charge in [-0.2, -0.15) is 8.42 Å². The van der Waals surface area contributed by atoms with Gasteiger partial charge in [-0.3, -0.25) is 0 Å². The Kier molecular flexibility index (Phi) is 4.35. The molecule has 136 valence electrons. The number of hydrogen-bond donors (Lipinski definition) is 1. The predicted octanol–water partition coefficient (Wildman–Crippen LogP) is 2.21. The third-order valence-corrected chi connectivity index (χ3v) is 4.73. The lowest BCUT2D eigenvalue weighted by Crippen LogP contribution is -2.54. The van der Waals surface area contributed by atoms with Crippen molar-refractivity contribution in [3.8, 4) is 11.5 Å². The summed E-state index contributed by atoms with van der Waals surface area (Å²) in [5.41, 5.74) is 1.59. The van der Waals surface area contributed by atoms with Gasteiger partial charge < -0.3 is 9.64 Å². The first kappa shape index (κ1) is 17.0. The van der Waals surface area contributed by atoms with Crippen LogP contribution in [0.15, 0.2) is 53.5 Å². The van der Waals surface area contributed by atoms with Gasteiger partial charge in [0, 0.05) is 26.2 Å². The second-order valence-electron chi connectivity index (χ2n) is 6.00. The molecule has 0 amide bonds. The van der Waals surface area contributed by atoms with Gasteiger partial charge >= 0.3 is 10.4 Å². The van der Waals surface area contributed by atoms with Crippen LogP contribution in [0.2, 0.25) is 0 Å². The van der Waals surface area contributed by atoms with Gasteiger partial charge in [-0.05, 0) is 24.3 Å². The van der Waals surface area contributed by atoms with E-state index in [4.69, 9.17) is 9.73 Å². The molecule has 9 heteroatoms. The molecular weight excluding hydrogens is 359 g/mol. The van der Waals surface area contributed by atoms with Crippen molar-refractivity contribution in [2.75, 3.05) is 26.2 Å². The van der Waals surface area contributed by atoms with Crippen LogP contribution in [0.25, 0.3) is 0 Å². The molecule has 26 heavy (non-hydrogen) atoms. The quantitative estimate of drug-likeness (QED) is 0.814. The van der Waals surface area contributed by atoms with Crippen LogP contribution in [0.3, 0.4) is 0 Å². The van der Waals surface area contributed by atoms with Crippen molar-refractivity contribution in [3.63, 3.8) is 0 Å². The first-order chi connectivity index (χ1) is 12.5. The maximum absolute atomic E-state index is 12.8. The molecule has 1 fully saturated rings. The summed E-state index contributed by atoms with van der Waals surface area (Å²) < 4.78 is 40.3. The van der Waals surface area contributed by atoms with Crippen molar-refractivity contribution in [1.29, 1.82) is 0 Å². The molecule has 0 unspecified atom stereocenters. The van der Waals surface area contributed by atoms with Crippen LogP contribution in [0.4, 0.5) is 9.57 Å². The van der Waals surface area contributed by atoms with Gasteiger partial charge in [0.1, 0.15) is 17.3 Å². The number of nitrogens with zero attached hydrogens (tertiary/aromatic N) is 3. The molecule has 2 heterocycles. The Balaban J connectivity index is 1.64. The minimum atomic E-state index is -4.75. The van der Waals surface area contributed by atoms with Crippen molar-refractivity contribution in [2.24, 2.45) is 4.99 Å². The second kappa shape index (κ2) is 6.67. The average Bonchev–Trinajstić information content (AvgIpc) is 2.78. The monoisotopic (exact) mass is 376 g/mol. The number of halogens is 1. The first-order valence-corrected chi connectivity index (χ1v) is 9.55. The minimum absolute atomic E-state index is 0.340. The molecule has 0 atom stereocenters. The maximum atomic E-state index is 12.8. The van der Waals surface area contributed by atoms with Crippen molar-refractivity contribution in [1.82, 2.24) is 14.7 Å². The molecule has 0 saturated carbocycles. The highest BCUT2D eigenvalue weighted by molar-refractivity contribution is 7.84. The summed E-state index contributed by atoms with van der Waals surface area (Å²) in [5.74, 6) is 2.15. The van der Waals surface area contributed by atoms with E-state index in [9.17, 15) is 12.3 Å². The fourth-order valence-electron chi connectivity index (χ4n) is 3.07. The molecule has 4 rings (SSSR count). The fraction of sp³-hybridized carbons (Fsp3) is 0.235. The van der Waals surface area contributed by atoms with Crippen LogP contribution in [0.1, 0.15) is 5.56 Å². The summed E-state index contributed by atoms with van der Waals surface area (Å²) in [6.45, 7) is 1.68. The molecule has 1 saturated heterocycles. The fourth-order valence-corrected chi connectivity index (χ4v) is 3.56. The Labute approximate surface area is 151 Å². The zero-order valence-electron chi connectivity index (χ0n) is 13.8. The molecule has 2 aromatic rings. The zero-order chi connectivity index (χ0) is 18.1. The Morgan fingerprint density at radius 2 is 1.62 bits per heavy atom. The molecule has 2 aliphatic heterocycles. The largest absolute Gasteiger partial charge is 0.454 e. The number of rotatable bonds is 2. The van der Waals surface area contributed by atoms with E-state index in [2.05, 4.69) is 0 Å². The van der Waals surface area contributed by atoms with Gasteiger partial charge in [-0.15, -0.1) is 4.83 Å². The van der Waals surface area contributed by atoms with Gasteiger partial charge in [0.2, 0.25) is 0 Å². The number of amidine groups is 1. The van der Waals surface area contributed by atoms with Crippen LogP contribution >= 0.6 is 0 Å². The number of benzene rings is 2. The Morgan fingerprint density at radius 1 is 0.962 bits per heavy atom. The highest BCUT2D eigenvalue weighted by atomic mass is 32.3. The topological polar surface area (TPSA) is 74.2 Å². The van der Waals surface area contributed by atoms with Gasteiger partial charge in [-0.25, -0.2) is 10.0 Å². The summed E-state index contributed by atoms with van der Waals surface area (Å²) in [6, 6.07) is 15.2. The molecule has 0 radical (unpaired) electrons. The van der Waals surface area contributed by atoms with Crippen LogP contribution < -0.4 is 9.57 Å². The Bertz CT molecular complexity index is 956. The number of hydrazine groups is 1. The standard InChI is InChI=1S/C17H17FN4O3S/c18-26(23,24)20-22-11-9-21(10-12-22)17-13-5-1-3-7-15(13)25-16-8-4-2-6-14(16)19-17/h1-8,20H,9-12H2. The Hall–Kier alpha value is -2.49. The highest BCUT2D eigenvalue weighted by Gasteiger charge is 2.27. The first-order valence-electron chi connectivity index (χ1n) is 8.16. The highest BCUT2D eigenvalue weighted by Crippen LogP contribution is 2.37. The summed E-state index contributed by atoms with van der Waals surface area (Å²) in [7, 11) is -4.75. The summed E-state index contributed by atoms with van der Waals surface area (Å²) in [5, 5.41) is 1.35. The van der Waals surface area contributed by atoms with Gasteiger partial charge in [-0.1, -0.05) is 28.2 Å². The molecular formula is C17H17FN4O3S. The Morgan fingerprint density at radius 3 is 2.35 bits per heavy atom. The number of nitrogens with one attached hydrogen (secondary N) is 1. The third-order valence-electron chi connectivity index (χ3n) is 4.26. The van der Waals surface area contributed by atoms with Crippen molar-refractivity contribution in [2.45, 2.75) is 0 Å².